The molecule has 4 rings (SSSR count). The second kappa shape index (κ2) is 8.47. The molecule has 3 N–H and O–H groups in total. The molecule has 30 heavy (non-hydrogen) atoms. The van der Waals surface area contributed by atoms with Crippen molar-refractivity contribution < 1.29 is 23.2 Å². The summed E-state index contributed by atoms with van der Waals surface area (Å²) in [4.78, 5) is 11.7. The number of carbonyl (C=O) groups is 1. The van der Waals surface area contributed by atoms with Crippen molar-refractivity contribution in [2.75, 3.05) is 0 Å². The van der Waals surface area contributed by atoms with Crippen LogP contribution in [0.4, 0.5) is 0 Å². The van der Waals surface area contributed by atoms with Crippen molar-refractivity contribution >= 4 is 15.2 Å². The highest BCUT2D eigenvalue weighted by atomic mass is 32.2. The average Bonchev–Trinajstić information content (AvgIpc) is 3.01. The highest BCUT2D eigenvalue weighted by Crippen LogP contribution is 2.68. The maximum Gasteiger partial charge on any atom is 0.328 e. The van der Waals surface area contributed by atoms with Crippen molar-refractivity contribution in [2.45, 2.75) is 97.8 Å². The molecule has 0 radical (unpaired) electrons. The van der Waals surface area contributed by atoms with E-state index in [4.69, 9.17) is 4.55 Å². The van der Waals surface area contributed by atoms with E-state index in [0.717, 1.165) is 23.7 Å². The molecule has 0 bridgehead atoms. The van der Waals surface area contributed by atoms with Gasteiger partial charge < -0.3 is 5.48 Å². The van der Waals surface area contributed by atoms with Gasteiger partial charge in [-0.3, -0.25) is 9.35 Å². The Labute approximate surface area is 182 Å². The summed E-state index contributed by atoms with van der Waals surface area (Å²) >= 11 is 0. The number of hydrogen-bond acceptors (Lipinski definition) is 3. The second-order valence-electron chi connectivity index (χ2n) is 11.5. The van der Waals surface area contributed by atoms with Crippen LogP contribution in [0.25, 0.3) is 0 Å². The van der Waals surface area contributed by atoms with Crippen LogP contribution < -0.4 is 0 Å². The van der Waals surface area contributed by atoms with Crippen LogP contribution in [0.15, 0.2) is 0 Å². The summed E-state index contributed by atoms with van der Waals surface area (Å²) in [6, 6.07) is 0. The SMILES string of the molecule is C[C@H](CCC(=O)S(=O)(=O)O)[C@H]1CC[C@H]2[C@@H]3CCC4CCCC[C@]4(C)[C@H]3CC[C@]12C.O. The predicted molar refractivity (Wildman–Crippen MR) is 118 cm³/mol. The Bertz CT molecular complexity index is 749. The zero-order chi connectivity index (χ0) is 21.0. The number of hydrogen-bond donors (Lipinski definition) is 1. The Morgan fingerprint density at radius 2 is 1.67 bits per heavy atom. The van der Waals surface area contributed by atoms with Crippen LogP contribution >= 0.6 is 0 Å². The van der Waals surface area contributed by atoms with Crippen molar-refractivity contribution in [3.05, 3.63) is 0 Å². The van der Waals surface area contributed by atoms with E-state index in [1.165, 1.54) is 64.2 Å². The van der Waals surface area contributed by atoms with Gasteiger partial charge in [-0.05, 0) is 104 Å². The zero-order valence-corrected chi connectivity index (χ0v) is 19.8. The van der Waals surface area contributed by atoms with Crippen molar-refractivity contribution in [1.82, 2.24) is 0 Å². The van der Waals surface area contributed by atoms with E-state index in [1.54, 1.807) is 0 Å². The van der Waals surface area contributed by atoms with Crippen LogP contribution in [0.1, 0.15) is 97.8 Å². The first-order chi connectivity index (χ1) is 13.6. The maximum absolute atomic E-state index is 11.7. The molecule has 0 aromatic heterocycles. The van der Waals surface area contributed by atoms with E-state index in [9.17, 15) is 13.2 Å². The van der Waals surface area contributed by atoms with Gasteiger partial charge in [0.05, 0.1) is 0 Å². The van der Waals surface area contributed by atoms with Gasteiger partial charge in [-0.2, -0.15) is 8.42 Å². The molecule has 4 aliphatic carbocycles. The molecule has 0 spiro atoms. The third-order valence-electron chi connectivity index (χ3n) is 10.4. The molecule has 4 aliphatic rings. The third-order valence-corrected chi connectivity index (χ3v) is 11.2. The molecule has 4 fully saturated rings. The molecule has 0 saturated heterocycles. The van der Waals surface area contributed by atoms with Gasteiger partial charge in [-0.15, -0.1) is 0 Å². The molecule has 5 nitrogen and oxygen atoms in total. The van der Waals surface area contributed by atoms with Crippen molar-refractivity contribution in [1.29, 1.82) is 0 Å². The fourth-order valence-corrected chi connectivity index (χ4v) is 9.32. The fraction of sp³-hybridized carbons (Fsp3) is 0.958. The van der Waals surface area contributed by atoms with Gasteiger partial charge in [0.25, 0.3) is 5.12 Å². The summed E-state index contributed by atoms with van der Waals surface area (Å²) < 4.78 is 31.1. The molecular formula is C24H42O5S. The lowest BCUT2D eigenvalue weighted by molar-refractivity contribution is -0.116. The van der Waals surface area contributed by atoms with Crippen LogP contribution in [0, 0.1) is 46.3 Å². The normalized spacial score (nSPS) is 44.2. The lowest BCUT2D eigenvalue weighted by atomic mass is 9.44. The van der Waals surface area contributed by atoms with Gasteiger partial charge in [-0.1, -0.05) is 33.6 Å². The van der Waals surface area contributed by atoms with Crippen LogP contribution in [0.2, 0.25) is 0 Å². The Balaban J connectivity index is 0.00000256. The number of rotatable bonds is 4. The minimum absolute atomic E-state index is 0. The first-order valence-electron chi connectivity index (χ1n) is 12.1. The molecule has 8 atom stereocenters. The molecule has 6 heteroatoms. The number of carbonyl (C=O) groups excluding carboxylic acids is 1. The summed E-state index contributed by atoms with van der Waals surface area (Å²) in [5, 5.41) is -1.02. The molecule has 0 amide bonds. The van der Waals surface area contributed by atoms with Crippen LogP contribution in [-0.2, 0) is 14.9 Å². The molecule has 4 saturated carbocycles. The molecule has 0 heterocycles. The summed E-state index contributed by atoms with van der Waals surface area (Å²) in [5.74, 6) is 4.41. The topological polar surface area (TPSA) is 103 Å². The van der Waals surface area contributed by atoms with Gasteiger partial charge in [-0.25, -0.2) is 0 Å². The Kier molecular flexibility index (Phi) is 6.83. The van der Waals surface area contributed by atoms with E-state index in [-0.39, 0.29) is 11.9 Å². The molecule has 0 aliphatic heterocycles. The van der Waals surface area contributed by atoms with E-state index >= 15 is 0 Å². The van der Waals surface area contributed by atoms with Gasteiger partial charge in [0.15, 0.2) is 0 Å². The largest absolute Gasteiger partial charge is 0.412 e. The van der Waals surface area contributed by atoms with E-state index in [1.807, 2.05) is 0 Å². The lowest BCUT2D eigenvalue weighted by Gasteiger charge is -2.61. The third kappa shape index (κ3) is 3.90. The van der Waals surface area contributed by atoms with Gasteiger partial charge in [0.1, 0.15) is 0 Å². The standard InChI is InChI=1S/C24H40O4S.H2O/c1-16(7-12-22(25)29(26,27)28)19-10-11-20-18-9-8-17-6-4-5-14-23(17,2)21(18)13-15-24(19,20)3;/h16-21H,4-15H2,1-3H3,(H,26,27,28);1H2/t16-,17?,18+,19-,20+,21+,23+,24-;/m1./s1. The lowest BCUT2D eigenvalue weighted by Crippen LogP contribution is -2.53. The van der Waals surface area contributed by atoms with E-state index < -0.39 is 15.2 Å². The van der Waals surface area contributed by atoms with Crippen LogP contribution in [0.5, 0.6) is 0 Å². The van der Waals surface area contributed by atoms with Crippen molar-refractivity contribution in [3.8, 4) is 0 Å². The van der Waals surface area contributed by atoms with Gasteiger partial charge in [0.2, 0.25) is 0 Å². The Morgan fingerprint density at radius 1 is 0.967 bits per heavy atom. The van der Waals surface area contributed by atoms with Crippen molar-refractivity contribution in [3.63, 3.8) is 0 Å². The Morgan fingerprint density at radius 3 is 2.37 bits per heavy atom. The second-order valence-corrected chi connectivity index (χ2v) is 12.9. The predicted octanol–water partition coefficient (Wildman–Crippen LogP) is 5.04. The van der Waals surface area contributed by atoms with Crippen molar-refractivity contribution in [2.24, 2.45) is 46.3 Å². The number of fused-ring (bicyclic) bond motifs is 5. The first-order valence-corrected chi connectivity index (χ1v) is 13.5. The monoisotopic (exact) mass is 442 g/mol. The summed E-state index contributed by atoms with van der Waals surface area (Å²) in [7, 11) is -4.53. The smallest absolute Gasteiger partial charge is 0.328 e. The highest BCUT2D eigenvalue weighted by Gasteiger charge is 2.60. The first kappa shape index (κ1) is 24.2. The Hall–Kier alpha value is -0.460. The molecular weight excluding hydrogens is 400 g/mol. The highest BCUT2D eigenvalue weighted by molar-refractivity contribution is 8.01. The van der Waals surface area contributed by atoms with Crippen LogP contribution in [0.3, 0.4) is 0 Å². The molecule has 174 valence electrons. The summed E-state index contributed by atoms with van der Waals surface area (Å²) in [6.07, 6.45) is 14.2. The average molecular weight is 443 g/mol. The summed E-state index contributed by atoms with van der Waals surface area (Å²) in [5.41, 5.74) is 0.897. The van der Waals surface area contributed by atoms with E-state index in [0.29, 0.717) is 29.1 Å². The van der Waals surface area contributed by atoms with E-state index in [2.05, 4.69) is 20.8 Å². The quantitative estimate of drug-likeness (QED) is 0.616. The summed E-state index contributed by atoms with van der Waals surface area (Å²) in [6.45, 7) is 7.31. The van der Waals surface area contributed by atoms with Crippen LogP contribution in [-0.4, -0.2) is 23.6 Å². The van der Waals surface area contributed by atoms with Gasteiger partial charge in [0, 0.05) is 6.42 Å². The molecule has 1 unspecified atom stereocenters. The maximum atomic E-state index is 11.7. The molecule has 0 aromatic rings. The molecule has 0 aromatic carbocycles. The van der Waals surface area contributed by atoms with Gasteiger partial charge >= 0.3 is 10.1 Å². The zero-order valence-electron chi connectivity index (χ0n) is 19.0. The fourth-order valence-electron chi connectivity index (χ4n) is 8.95. The minimum atomic E-state index is -4.53. The minimum Gasteiger partial charge on any atom is -0.412 e.